The largest absolute Gasteiger partial charge is 0.356 e. The summed E-state index contributed by atoms with van der Waals surface area (Å²) >= 11 is 1.80. The molecule has 0 amide bonds. The van der Waals surface area contributed by atoms with Gasteiger partial charge in [-0.1, -0.05) is 96.2 Å². The number of amidine groups is 1. The maximum absolute atomic E-state index is 5.05. The summed E-state index contributed by atoms with van der Waals surface area (Å²) in [6.07, 6.45) is 0. The third-order valence-electron chi connectivity index (χ3n) is 5.02. The van der Waals surface area contributed by atoms with Crippen LogP contribution in [0.3, 0.4) is 0 Å². The first-order valence-corrected chi connectivity index (χ1v) is 10.3. The highest BCUT2D eigenvalue weighted by molar-refractivity contribution is 8.13. The number of rotatable bonds is 4. The molecule has 4 rings (SSSR count). The van der Waals surface area contributed by atoms with Gasteiger partial charge in [-0.05, 0) is 36.1 Å². The molecule has 1 aliphatic rings. The lowest BCUT2D eigenvalue weighted by molar-refractivity contribution is 0.573. The maximum Gasteiger partial charge on any atom is 0.158 e. The van der Waals surface area contributed by atoms with Crippen molar-refractivity contribution in [3.05, 3.63) is 107 Å². The van der Waals surface area contributed by atoms with Crippen LogP contribution in [0.2, 0.25) is 0 Å². The fourth-order valence-electron chi connectivity index (χ4n) is 3.47. The molecule has 0 radical (unpaired) electrons. The molecule has 0 spiro atoms. The fraction of sp³-hybridized carbons (Fsp3) is 0.208. The second-order valence-corrected chi connectivity index (χ2v) is 8.01. The molecule has 0 aromatic heterocycles. The number of hydrogen-bond acceptors (Lipinski definition) is 3. The maximum atomic E-state index is 5.05. The Morgan fingerprint density at radius 3 is 2.22 bits per heavy atom. The average Bonchev–Trinajstić information content (AvgIpc) is 3.14. The molecule has 1 heterocycles. The molecular weight excluding hydrogens is 348 g/mol. The molecule has 3 aromatic rings. The lowest BCUT2D eigenvalue weighted by Crippen LogP contribution is -2.22. The topological polar surface area (TPSA) is 24.4 Å². The minimum Gasteiger partial charge on any atom is -0.356 e. The van der Waals surface area contributed by atoms with E-state index in [-0.39, 0.29) is 12.1 Å². The molecule has 1 N–H and O–H groups in total. The van der Waals surface area contributed by atoms with E-state index in [1.54, 1.807) is 11.8 Å². The summed E-state index contributed by atoms with van der Waals surface area (Å²) < 4.78 is 0. The van der Waals surface area contributed by atoms with Gasteiger partial charge in [0.05, 0.1) is 6.04 Å². The highest BCUT2D eigenvalue weighted by atomic mass is 32.2. The van der Waals surface area contributed by atoms with E-state index in [2.05, 4.69) is 98.0 Å². The SMILES string of the molecule is Cc1ccc(C)c(CSC2=N[C@H](c3ccccc3)[C@H](c3ccccc3)N2)c1. The Hall–Kier alpha value is -2.52. The summed E-state index contributed by atoms with van der Waals surface area (Å²) in [6, 6.07) is 28.1. The van der Waals surface area contributed by atoms with Crippen molar-refractivity contribution in [2.45, 2.75) is 31.7 Å². The standard InChI is InChI=1S/C24H24N2S/c1-17-13-14-18(2)21(15-17)16-27-24-25-22(19-9-5-3-6-10-19)23(26-24)20-11-7-4-8-12-20/h3-15,22-23H,16H2,1-2H3,(H,25,26)/t22-,23+. The van der Waals surface area contributed by atoms with Crippen LogP contribution >= 0.6 is 11.8 Å². The summed E-state index contributed by atoms with van der Waals surface area (Å²) in [5, 5.41) is 4.70. The van der Waals surface area contributed by atoms with E-state index in [1.165, 1.54) is 27.8 Å². The molecule has 136 valence electrons. The predicted molar refractivity (Wildman–Crippen MR) is 116 cm³/mol. The van der Waals surface area contributed by atoms with E-state index >= 15 is 0 Å². The third kappa shape index (κ3) is 4.09. The molecule has 2 atom stereocenters. The smallest absolute Gasteiger partial charge is 0.158 e. The quantitative estimate of drug-likeness (QED) is 0.609. The fourth-order valence-corrected chi connectivity index (χ4v) is 4.48. The highest BCUT2D eigenvalue weighted by Gasteiger charge is 2.31. The zero-order valence-corrected chi connectivity index (χ0v) is 16.5. The van der Waals surface area contributed by atoms with Crippen molar-refractivity contribution in [1.82, 2.24) is 5.32 Å². The van der Waals surface area contributed by atoms with Gasteiger partial charge in [0.2, 0.25) is 0 Å². The monoisotopic (exact) mass is 372 g/mol. The molecule has 0 bridgehead atoms. The van der Waals surface area contributed by atoms with Gasteiger partial charge in [-0.25, -0.2) is 0 Å². The van der Waals surface area contributed by atoms with Gasteiger partial charge in [0, 0.05) is 5.75 Å². The third-order valence-corrected chi connectivity index (χ3v) is 5.97. The van der Waals surface area contributed by atoms with Crippen molar-refractivity contribution in [3.63, 3.8) is 0 Å². The van der Waals surface area contributed by atoms with Gasteiger partial charge < -0.3 is 5.32 Å². The van der Waals surface area contributed by atoms with Crippen LogP contribution in [0.5, 0.6) is 0 Å². The van der Waals surface area contributed by atoms with Crippen molar-refractivity contribution in [2.75, 3.05) is 0 Å². The van der Waals surface area contributed by atoms with Crippen LogP contribution in [-0.2, 0) is 5.75 Å². The van der Waals surface area contributed by atoms with Crippen LogP contribution in [0.25, 0.3) is 0 Å². The number of thioether (sulfide) groups is 1. The number of hydrogen-bond donors (Lipinski definition) is 1. The van der Waals surface area contributed by atoms with E-state index < -0.39 is 0 Å². The molecular formula is C24H24N2S. The molecule has 0 unspecified atom stereocenters. The molecule has 0 saturated heterocycles. The second kappa shape index (κ2) is 8.01. The van der Waals surface area contributed by atoms with Gasteiger partial charge in [-0.2, -0.15) is 0 Å². The summed E-state index contributed by atoms with van der Waals surface area (Å²) in [5.41, 5.74) is 6.55. The number of nitrogens with one attached hydrogen (secondary N) is 1. The van der Waals surface area contributed by atoms with Gasteiger partial charge in [0.1, 0.15) is 6.04 Å². The normalized spacial score (nSPS) is 18.8. The number of benzene rings is 3. The first kappa shape index (κ1) is 17.9. The summed E-state index contributed by atoms with van der Waals surface area (Å²) in [5.74, 6) is 0.933. The summed E-state index contributed by atoms with van der Waals surface area (Å²) in [6.45, 7) is 4.33. The summed E-state index contributed by atoms with van der Waals surface area (Å²) in [4.78, 5) is 5.05. The molecule has 3 aromatic carbocycles. The second-order valence-electron chi connectivity index (χ2n) is 7.04. The number of nitrogens with zero attached hydrogens (tertiary/aromatic N) is 1. The highest BCUT2D eigenvalue weighted by Crippen LogP contribution is 2.38. The molecule has 27 heavy (non-hydrogen) atoms. The van der Waals surface area contributed by atoms with E-state index in [0.717, 1.165) is 10.9 Å². The van der Waals surface area contributed by atoms with E-state index in [1.807, 2.05) is 0 Å². The molecule has 2 nitrogen and oxygen atoms in total. The predicted octanol–water partition coefficient (Wildman–Crippen LogP) is 5.98. The van der Waals surface area contributed by atoms with Gasteiger partial charge in [0.15, 0.2) is 5.17 Å². The van der Waals surface area contributed by atoms with Crippen LogP contribution in [0.4, 0.5) is 0 Å². The van der Waals surface area contributed by atoms with Gasteiger partial charge in [-0.15, -0.1) is 0 Å². The number of aryl methyl sites for hydroxylation is 2. The van der Waals surface area contributed by atoms with Crippen LogP contribution in [0.15, 0.2) is 83.9 Å². The van der Waals surface area contributed by atoms with Gasteiger partial charge >= 0.3 is 0 Å². The summed E-state index contributed by atoms with van der Waals surface area (Å²) in [7, 11) is 0. The van der Waals surface area contributed by atoms with E-state index in [0.29, 0.717) is 0 Å². The average molecular weight is 373 g/mol. The first-order chi connectivity index (χ1) is 13.2. The Kier molecular flexibility index (Phi) is 5.30. The Bertz CT molecular complexity index is 935. The van der Waals surface area contributed by atoms with E-state index in [4.69, 9.17) is 4.99 Å². The lowest BCUT2D eigenvalue weighted by atomic mass is 9.95. The van der Waals surface area contributed by atoms with Crippen molar-refractivity contribution >= 4 is 16.9 Å². The van der Waals surface area contributed by atoms with Crippen molar-refractivity contribution in [3.8, 4) is 0 Å². The Labute approximate surface area is 165 Å². The van der Waals surface area contributed by atoms with Gasteiger partial charge in [-0.3, -0.25) is 4.99 Å². The van der Waals surface area contributed by atoms with Crippen LogP contribution in [0, 0.1) is 13.8 Å². The molecule has 0 fully saturated rings. The minimum atomic E-state index is 0.106. The zero-order chi connectivity index (χ0) is 18.6. The minimum absolute atomic E-state index is 0.106. The van der Waals surface area contributed by atoms with Gasteiger partial charge in [0.25, 0.3) is 0 Å². The van der Waals surface area contributed by atoms with Crippen LogP contribution in [-0.4, -0.2) is 5.17 Å². The van der Waals surface area contributed by atoms with Crippen molar-refractivity contribution in [1.29, 1.82) is 0 Å². The van der Waals surface area contributed by atoms with E-state index in [9.17, 15) is 0 Å². The van der Waals surface area contributed by atoms with Crippen LogP contribution < -0.4 is 5.32 Å². The zero-order valence-electron chi connectivity index (χ0n) is 15.7. The molecule has 0 saturated carbocycles. The Morgan fingerprint density at radius 2 is 1.52 bits per heavy atom. The van der Waals surface area contributed by atoms with Crippen molar-refractivity contribution < 1.29 is 0 Å². The molecule has 0 aliphatic carbocycles. The number of aliphatic imine (C=N–C) groups is 1. The van der Waals surface area contributed by atoms with Crippen molar-refractivity contribution in [2.24, 2.45) is 4.99 Å². The molecule has 3 heteroatoms. The lowest BCUT2D eigenvalue weighted by Gasteiger charge is -2.19. The first-order valence-electron chi connectivity index (χ1n) is 9.34. The molecule has 1 aliphatic heterocycles. The Morgan fingerprint density at radius 1 is 0.852 bits per heavy atom. The Balaban J connectivity index is 1.57. The van der Waals surface area contributed by atoms with Crippen LogP contribution in [0.1, 0.15) is 39.9 Å².